The Bertz CT molecular complexity index is 613. The monoisotopic (exact) mass is 356 g/mol. The van der Waals surface area contributed by atoms with Gasteiger partial charge in [0.1, 0.15) is 0 Å². The average molecular weight is 357 g/mol. The zero-order chi connectivity index (χ0) is 16.0. The van der Waals surface area contributed by atoms with Crippen molar-refractivity contribution in [3.8, 4) is 0 Å². The summed E-state index contributed by atoms with van der Waals surface area (Å²) in [5, 5.41) is 3.43. The number of hydrogen-bond acceptors (Lipinski definition) is 2. The first-order valence-corrected chi connectivity index (χ1v) is 8.58. The molecule has 3 fully saturated rings. The molecule has 1 aromatic rings. The highest BCUT2D eigenvalue weighted by molar-refractivity contribution is 5.85. The predicted octanol–water partition coefficient (Wildman–Crippen LogP) is 2.95. The largest absolute Gasteiger partial charge is 0.342 e. The number of fused-ring (bicyclic) bond motifs is 1. The molecule has 2 unspecified atom stereocenters. The van der Waals surface area contributed by atoms with E-state index in [2.05, 4.69) is 5.32 Å². The normalized spacial score (nSPS) is 31.8. The van der Waals surface area contributed by atoms with Crippen molar-refractivity contribution in [2.45, 2.75) is 25.2 Å². The minimum Gasteiger partial charge on any atom is -0.342 e. The minimum absolute atomic E-state index is 0. The molecule has 1 aliphatic carbocycles. The molecule has 6 heteroatoms. The lowest BCUT2D eigenvalue weighted by atomic mass is 9.92. The third kappa shape index (κ3) is 3.16. The molecule has 0 radical (unpaired) electrons. The number of carbonyl (C=O) groups is 1. The third-order valence-electron chi connectivity index (χ3n) is 5.82. The Balaban J connectivity index is 0.00000169. The Morgan fingerprint density at radius 3 is 2.46 bits per heavy atom. The second kappa shape index (κ2) is 6.96. The van der Waals surface area contributed by atoms with E-state index in [4.69, 9.17) is 0 Å². The van der Waals surface area contributed by atoms with Crippen molar-refractivity contribution in [3.05, 3.63) is 35.4 Å². The second-order valence-corrected chi connectivity index (χ2v) is 7.17. The van der Waals surface area contributed by atoms with Crippen molar-refractivity contribution in [1.29, 1.82) is 0 Å². The third-order valence-corrected chi connectivity index (χ3v) is 5.82. The first-order valence-electron chi connectivity index (χ1n) is 8.58. The number of amides is 1. The van der Waals surface area contributed by atoms with E-state index in [0.29, 0.717) is 23.8 Å². The Hall–Kier alpha value is -1.20. The molecule has 1 amide bonds. The lowest BCUT2D eigenvalue weighted by Gasteiger charge is -2.21. The Morgan fingerprint density at radius 1 is 1.12 bits per heavy atom. The SMILES string of the molecule is Cl.O=C(C1CC1c1cccc(F)c1F)N1CC[C@@H]2CNC[C@@H]2CC1. The van der Waals surface area contributed by atoms with Gasteiger partial charge in [0.25, 0.3) is 0 Å². The summed E-state index contributed by atoms with van der Waals surface area (Å²) in [6.45, 7) is 3.73. The molecule has 1 N–H and O–H groups in total. The van der Waals surface area contributed by atoms with Gasteiger partial charge in [-0.2, -0.15) is 0 Å². The summed E-state index contributed by atoms with van der Waals surface area (Å²) < 4.78 is 27.2. The van der Waals surface area contributed by atoms with Crippen LogP contribution in [0.2, 0.25) is 0 Å². The van der Waals surface area contributed by atoms with Crippen LogP contribution in [0.4, 0.5) is 8.78 Å². The van der Waals surface area contributed by atoms with Crippen molar-refractivity contribution in [1.82, 2.24) is 10.2 Å². The molecule has 132 valence electrons. The van der Waals surface area contributed by atoms with Crippen LogP contribution in [0.15, 0.2) is 18.2 Å². The summed E-state index contributed by atoms with van der Waals surface area (Å²) in [5.74, 6) is -0.427. The molecule has 4 atom stereocenters. The molecule has 3 aliphatic rings. The van der Waals surface area contributed by atoms with Gasteiger partial charge in [0.05, 0.1) is 0 Å². The minimum atomic E-state index is -0.823. The second-order valence-electron chi connectivity index (χ2n) is 7.17. The number of carbonyl (C=O) groups excluding carboxylic acids is 1. The zero-order valence-electron chi connectivity index (χ0n) is 13.5. The van der Waals surface area contributed by atoms with E-state index in [1.807, 2.05) is 4.90 Å². The number of hydrogen-bond donors (Lipinski definition) is 1. The smallest absolute Gasteiger partial charge is 0.226 e. The van der Waals surface area contributed by atoms with E-state index in [1.165, 1.54) is 6.07 Å². The van der Waals surface area contributed by atoms with Crippen molar-refractivity contribution in [2.24, 2.45) is 17.8 Å². The molecule has 0 aromatic heterocycles. The first kappa shape index (κ1) is 17.6. The fraction of sp³-hybridized carbons (Fsp3) is 0.611. The summed E-state index contributed by atoms with van der Waals surface area (Å²) in [6.07, 6.45) is 2.74. The van der Waals surface area contributed by atoms with Crippen molar-refractivity contribution >= 4 is 18.3 Å². The Labute approximate surface area is 147 Å². The highest BCUT2D eigenvalue weighted by Crippen LogP contribution is 2.49. The molecular weight excluding hydrogens is 334 g/mol. The van der Waals surface area contributed by atoms with Gasteiger partial charge in [0.15, 0.2) is 11.6 Å². The molecule has 1 saturated carbocycles. The number of halogens is 3. The van der Waals surface area contributed by atoms with Crippen LogP contribution in [0.25, 0.3) is 0 Å². The van der Waals surface area contributed by atoms with Crippen LogP contribution in [-0.2, 0) is 4.79 Å². The molecule has 24 heavy (non-hydrogen) atoms. The van der Waals surface area contributed by atoms with Crippen LogP contribution in [0.1, 0.15) is 30.7 Å². The van der Waals surface area contributed by atoms with E-state index in [0.717, 1.165) is 45.1 Å². The van der Waals surface area contributed by atoms with Crippen molar-refractivity contribution in [2.75, 3.05) is 26.2 Å². The van der Waals surface area contributed by atoms with Crippen LogP contribution in [0.3, 0.4) is 0 Å². The molecule has 0 spiro atoms. The van der Waals surface area contributed by atoms with E-state index in [-0.39, 0.29) is 30.2 Å². The van der Waals surface area contributed by atoms with Gasteiger partial charge in [-0.25, -0.2) is 8.78 Å². The standard InChI is InChI=1S/C18H22F2N2O.ClH/c19-16-3-1-2-13(17(16)20)14-8-15(14)18(23)22-6-4-11-9-21-10-12(11)5-7-22;/h1-3,11-12,14-15,21H,4-10H2;1H/t11-,12+,14?,15?;. The number of nitrogens with one attached hydrogen (secondary N) is 1. The van der Waals surface area contributed by atoms with Gasteiger partial charge in [0, 0.05) is 19.0 Å². The van der Waals surface area contributed by atoms with Crippen molar-refractivity contribution < 1.29 is 13.6 Å². The topological polar surface area (TPSA) is 32.3 Å². The number of nitrogens with zero attached hydrogens (tertiary/aromatic N) is 1. The summed E-state index contributed by atoms with van der Waals surface area (Å²) in [7, 11) is 0. The van der Waals surface area contributed by atoms with E-state index in [1.54, 1.807) is 6.07 Å². The maximum atomic E-state index is 13.9. The lowest BCUT2D eigenvalue weighted by Crippen LogP contribution is -2.34. The van der Waals surface area contributed by atoms with Gasteiger partial charge in [-0.15, -0.1) is 12.4 Å². The van der Waals surface area contributed by atoms with Crippen molar-refractivity contribution in [3.63, 3.8) is 0 Å². The number of rotatable bonds is 2. The van der Waals surface area contributed by atoms with Crippen LogP contribution >= 0.6 is 12.4 Å². The zero-order valence-corrected chi connectivity index (χ0v) is 14.3. The van der Waals surface area contributed by atoms with E-state index >= 15 is 0 Å². The van der Waals surface area contributed by atoms with Crippen LogP contribution in [-0.4, -0.2) is 37.0 Å². The summed E-state index contributed by atoms with van der Waals surface area (Å²) in [6, 6.07) is 4.25. The quantitative estimate of drug-likeness (QED) is 0.883. The Kier molecular flexibility index (Phi) is 5.11. The molecule has 4 rings (SSSR count). The Morgan fingerprint density at radius 2 is 1.79 bits per heavy atom. The summed E-state index contributed by atoms with van der Waals surface area (Å²) in [4.78, 5) is 14.7. The number of benzene rings is 1. The summed E-state index contributed by atoms with van der Waals surface area (Å²) in [5.41, 5.74) is 0.360. The maximum Gasteiger partial charge on any atom is 0.226 e. The van der Waals surface area contributed by atoms with Gasteiger partial charge in [0.2, 0.25) is 5.91 Å². The fourth-order valence-corrected chi connectivity index (χ4v) is 4.29. The predicted molar refractivity (Wildman–Crippen MR) is 90.1 cm³/mol. The van der Waals surface area contributed by atoms with Gasteiger partial charge in [-0.1, -0.05) is 12.1 Å². The maximum absolute atomic E-state index is 13.9. The highest BCUT2D eigenvalue weighted by atomic mass is 35.5. The van der Waals surface area contributed by atoms with Gasteiger partial charge >= 0.3 is 0 Å². The summed E-state index contributed by atoms with van der Waals surface area (Å²) >= 11 is 0. The molecule has 0 bridgehead atoms. The lowest BCUT2D eigenvalue weighted by molar-refractivity contribution is -0.132. The van der Waals surface area contributed by atoms with Gasteiger partial charge in [-0.3, -0.25) is 4.79 Å². The van der Waals surface area contributed by atoms with Gasteiger partial charge in [-0.05, 0) is 61.7 Å². The molecule has 2 heterocycles. The fourth-order valence-electron chi connectivity index (χ4n) is 4.29. The van der Waals surface area contributed by atoms with Crippen LogP contribution in [0, 0.1) is 29.4 Å². The van der Waals surface area contributed by atoms with E-state index < -0.39 is 11.6 Å². The highest BCUT2D eigenvalue weighted by Gasteiger charge is 2.47. The molecule has 2 saturated heterocycles. The number of likely N-dealkylation sites (tertiary alicyclic amines) is 1. The molecule has 2 aliphatic heterocycles. The average Bonchev–Trinajstić information content (AvgIpc) is 3.26. The first-order chi connectivity index (χ1) is 11.1. The molecule has 1 aromatic carbocycles. The molecular formula is C18H23ClF2N2O. The molecule has 3 nitrogen and oxygen atoms in total. The van der Waals surface area contributed by atoms with Crippen LogP contribution in [0.5, 0.6) is 0 Å². The van der Waals surface area contributed by atoms with E-state index in [9.17, 15) is 13.6 Å². The van der Waals surface area contributed by atoms with Crippen LogP contribution < -0.4 is 5.32 Å². The van der Waals surface area contributed by atoms with Gasteiger partial charge < -0.3 is 10.2 Å².